The predicted octanol–water partition coefficient (Wildman–Crippen LogP) is 3.22. The van der Waals surface area contributed by atoms with Crippen molar-refractivity contribution in [1.29, 1.82) is 0 Å². The van der Waals surface area contributed by atoms with Gasteiger partial charge in [-0.15, -0.1) is 0 Å². The summed E-state index contributed by atoms with van der Waals surface area (Å²) in [5, 5.41) is 22.7. The van der Waals surface area contributed by atoms with Gasteiger partial charge in [-0.1, -0.05) is 48.0 Å². The van der Waals surface area contributed by atoms with Crippen LogP contribution in [0.4, 0.5) is 0 Å². The highest BCUT2D eigenvalue weighted by atomic mass is 35.5. The van der Waals surface area contributed by atoms with Gasteiger partial charge in [0, 0.05) is 11.1 Å². The van der Waals surface area contributed by atoms with Gasteiger partial charge in [-0.05, 0) is 36.6 Å². The first-order valence-electron chi connectivity index (χ1n) is 7.45. The molecule has 1 amide bonds. The molecule has 2 rings (SSSR count). The van der Waals surface area contributed by atoms with E-state index in [2.05, 4.69) is 5.32 Å². The third-order valence-corrected chi connectivity index (χ3v) is 3.91. The van der Waals surface area contributed by atoms with Crippen molar-refractivity contribution in [1.82, 2.24) is 5.32 Å². The van der Waals surface area contributed by atoms with E-state index in [1.54, 1.807) is 6.07 Å². The first kappa shape index (κ1) is 17.3. The zero-order valence-corrected chi connectivity index (χ0v) is 13.6. The number of halogens is 1. The normalized spacial score (nSPS) is 13.3. The Morgan fingerprint density at radius 1 is 1.22 bits per heavy atom. The van der Waals surface area contributed by atoms with Gasteiger partial charge in [0.2, 0.25) is 5.91 Å². The Morgan fingerprint density at radius 3 is 2.57 bits per heavy atom. The van der Waals surface area contributed by atoms with Crippen molar-refractivity contribution < 1.29 is 15.0 Å². The van der Waals surface area contributed by atoms with E-state index >= 15 is 0 Å². The Labute approximate surface area is 140 Å². The number of aromatic hydroxyl groups is 1. The zero-order valence-electron chi connectivity index (χ0n) is 12.9. The average Bonchev–Trinajstić information content (AvgIpc) is 2.50. The van der Waals surface area contributed by atoms with E-state index < -0.39 is 6.10 Å². The third kappa shape index (κ3) is 5.27. The molecule has 0 saturated heterocycles. The van der Waals surface area contributed by atoms with Gasteiger partial charge in [-0.3, -0.25) is 4.79 Å². The van der Waals surface area contributed by atoms with E-state index in [0.29, 0.717) is 17.0 Å². The van der Waals surface area contributed by atoms with Crippen molar-refractivity contribution in [2.75, 3.05) is 0 Å². The Bertz CT molecular complexity index is 661. The van der Waals surface area contributed by atoms with Crippen LogP contribution in [0.2, 0.25) is 5.02 Å². The van der Waals surface area contributed by atoms with Crippen LogP contribution in [0, 0.1) is 0 Å². The molecule has 2 aromatic carbocycles. The molecule has 2 aromatic rings. The number of nitrogens with one attached hydrogen (secondary N) is 1. The molecule has 0 saturated carbocycles. The zero-order chi connectivity index (χ0) is 16.8. The second-order valence-corrected chi connectivity index (χ2v) is 5.99. The van der Waals surface area contributed by atoms with Crippen molar-refractivity contribution in [2.24, 2.45) is 0 Å². The Hall–Kier alpha value is -2.04. The Morgan fingerprint density at radius 2 is 1.91 bits per heavy atom. The molecule has 0 aliphatic rings. The molecule has 2 atom stereocenters. The van der Waals surface area contributed by atoms with Crippen molar-refractivity contribution in [3.63, 3.8) is 0 Å². The summed E-state index contributed by atoms with van der Waals surface area (Å²) in [5.74, 6) is -0.108. The van der Waals surface area contributed by atoms with E-state index in [1.165, 1.54) is 12.1 Å². The van der Waals surface area contributed by atoms with Crippen molar-refractivity contribution >= 4 is 17.5 Å². The van der Waals surface area contributed by atoms with Gasteiger partial charge in [-0.25, -0.2) is 0 Å². The summed E-state index contributed by atoms with van der Waals surface area (Å²) < 4.78 is 0. The van der Waals surface area contributed by atoms with Crippen LogP contribution in [-0.2, 0) is 11.2 Å². The molecule has 2 unspecified atom stereocenters. The number of aliphatic hydroxyl groups is 1. The number of aliphatic hydroxyl groups excluding tert-OH is 1. The molecule has 5 heteroatoms. The van der Waals surface area contributed by atoms with Gasteiger partial charge < -0.3 is 15.5 Å². The number of hydrogen-bond donors (Lipinski definition) is 3. The number of amides is 1. The van der Waals surface area contributed by atoms with Crippen molar-refractivity contribution in [2.45, 2.75) is 31.9 Å². The lowest BCUT2D eigenvalue weighted by Gasteiger charge is -2.18. The van der Waals surface area contributed by atoms with Crippen molar-refractivity contribution in [3.8, 4) is 5.75 Å². The molecule has 0 aliphatic heterocycles. The fourth-order valence-corrected chi connectivity index (χ4v) is 2.63. The Kier molecular flexibility index (Phi) is 6.02. The molecule has 0 fully saturated rings. The van der Waals surface area contributed by atoms with Crippen LogP contribution in [0.1, 0.15) is 30.6 Å². The molecular weight excluding hydrogens is 314 g/mol. The molecule has 0 radical (unpaired) electrons. The monoisotopic (exact) mass is 333 g/mol. The molecule has 0 aliphatic carbocycles. The van der Waals surface area contributed by atoms with E-state index in [1.807, 2.05) is 37.3 Å². The van der Waals surface area contributed by atoms with Gasteiger partial charge in [-0.2, -0.15) is 0 Å². The van der Waals surface area contributed by atoms with Gasteiger partial charge in [0.15, 0.2) is 0 Å². The van der Waals surface area contributed by atoms with E-state index in [-0.39, 0.29) is 24.1 Å². The van der Waals surface area contributed by atoms with E-state index in [4.69, 9.17) is 11.6 Å². The quantitative estimate of drug-likeness (QED) is 0.760. The number of rotatable bonds is 6. The van der Waals surface area contributed by atoms with Crippen LogP contribution < -0.4 is 5.32 Å². The fourth-order valence-electron chi connectivity index (χ4n) is 2.38. The van der Waals surface area contributed by atoms with Gasteiger partial charge in [0.05, 0.1) is 12.5 Å². The summed E-state index contributed by atoms with van der Waals surface area (Å²) in [6.45, 7) is 1.85. The van der Waals surface area contributed by atoms with Gasteiger partial charge in [0.25, 0.3) is 0 Å². The highest BCUT2D eigenvalue weighted by Gasteiger charge is 2.15. The first-order chi connectivity index (χ1) is 11.0. The van der Waals surface area contributed by atoms with Gasteiger partial charge >= 0.3 is 0 Å². The highest BCUT2D eigenvalue weighted by Crippen LogP contribution is 2.22. The first-order valence-corrected chi connectivity index (χ1v) is 7.83. The van der Waals surface area contributed by atoms with Crippen LogP contribution in [-0.4, -0.2) is 22.2 Å². The lowest BCUT2D eigenvalue weighted by molar-refractivity contribution is -0.121. The topological polar surface area (TPSA) is 69.6 Å². The van der Waals surface area contributed by atoms with Gasteiger partial charge in [0.1, 0.15) is 5.75 Å². The summed E-state index contributed by atoms with van der Waals surface area (Å²) in [7, 11) is 0. The van der Waals surface area contributed by atoms with E-state index in [0.717, 1.165) is 5.56 Å². The SMILES string of the molecule is CC(CC(O)c1ccccc1)NC(=O)Cc1ccc(O)cc1Cl. The molecule has 0 bridgehead atoms. The molecule has 122 valence electrons. The predicted molar refractivity (Wildman–Crippen MR) is 90.4 cm³/mol. The smallest absolute Gasteiger partial charge is 0.224 e. The number of phenolic OH excluding ortho intramolecular Hbond substituents is 1. The maximum Gasteiger partial charge on any atom is 0.224 e. The minimum Gasteiger partial charge on any atom is -0.508 e. The highest BCUT2D eigenvalue weighted by molar-refractivity contribution is 6.31. The second kappa shape index (κ2) is 7.99. The van der Waals surface area contributed by atoms with Crippen LogP contribution in [0.5, 0.6) is 5.75 Å². The molecule has 0 spiro atoms. The largest absolute Gasteiger partial charge is 0.508 e. The summed E-state index contributed by atoms with van der Waals surface area (Å²) >= 11 is 5.99. The van der Waals surface area contributed by atoms with Crippen molar-refractivity contribution in [3.05, 3.63) is 64.7 Å². The molecular formula is C18H20ClNO3. The molecule has 4 nitrogen and oxygen atoms in total. The molecule has 0 heterocycles. The molecule has 23 heavy (non-hydrogen) atoms. The lowest BCUT2D eigenvalue weighted by Crippen LogP contribution is -2.34. The number of carbonyl (C=O) groups is 1. The summed E-state index contributed by atoms with van der Waals surface area (Å²) in [6, 6.07) is 13.7. The molecule has 0 aromatic heterocycles. The van der Waals surface area contributed by atoms with E-state index in [9.17, 15) is 15.0 Å². The van der Waals surface area contributed by atoms with Crippen LogP contribution in [0.3, 0.4) is 0 Å². The van der Waals surface area contributed by atoms with Crippen LogP contribution >= 0.6 is 11.6 Å². The Balaban J connectivity index is 1.87. The summed E-state index contributed by atoms with van der Waals surface area (Å²) in [4.78, 5) is 12.1. The number of benzene rings is 2. The van der Waals surface area contributed by atoms with Crippen LogP contribution in [0.25, 0.3) is 0 Å². The lowest BCUT2D eigenvalue weighted by atomic mass is 10.0. The standard InChI is InChI=1S/C18H20ClNO3/c1-12(9-17(22)13-5-3-2-4-6-13)20-18(23)10-14-7-8-15(21)11-16(14)19/h2-8,11-12,17,21-22H,9-10H2,1H3,(H,20,23). The average molecular weight is 334 g/mol. The molecule has 3 N–H and O–H groups in total. The maximum atomic E-state index is 12.1. The number of hydrogen-bond acceptors (Lipinski definition) is 3. The number of phenols is 1. The third-order valence-electron chi connectivity index (χ3n) is 3.56. The fraction of sp³-hybridized carbons (Fsp3) is 0.278. The number of carbonyl (C=O) groups excluding carboxylic acids is 1. The second-order valence-electron chi connectivity index (χ2n) is 5.58. The minimum atomic E-state index is -0.622. The minimum absolute atomic E-state index is 0.0681. The summed E-state index contributed by atoms with van der Waals surface area (Å²) in [5.41, 5.74) is 1.48. The summed E-state index contributed by atoms with van der Waals surface area (Å²) in [6.07, 6.45) is -0.0620. The van der Waals surface area contributed by atoms with Crippen LogP contribution in [0.15, 0.2) is 48.5 Å². The maximum absolute atomic E-state index is 12.1.